The third kappa shape index (κ3) is 10.5. The second-order valence-corrected chi connectivity index (χ2v) is 13.9. The lowest BCUT2D eigenvalue weighted by atomic mass is 10.0. The highest BCUT2D eigenvalue weighted by Crippen LogP contribution is 2.24. The van der Waals surface area contributed by atoms with Crippen molar-refractivity contribution in [1.29, 1.82) is 0 Å². The van der Waals surface area contributed by atoms with Gasteiger partial charge in [-0.05, 0) is 59.5 Å². The van der Waals surface area contributed by atoms with Gasteiger partial charge in [0.25, 0.3) is 0 Å². The Kier molecular flexibility index (Phi) is 12.8. The van der Waals surface area contributed by atoms with Crippen LogP contribution in [-0.4, -0.2) is 50.5 Å². The van der Waals surface area contributed by atoms with Crippen LogP contribution in [-0.2, 0) is 39.2 Å². The van der Waals surface area contributed by atoms with E-state index >= 15 is 0 Å². The number of ether oxygens (including phenoxy) is 1. The summed E-state index contributed by atoms with van der Waals surface area (Å²) in [5, 5.41) is 2.99. The Morgan fingerprint density at radius 2 is 1.48 bits per heavy atom. The van der Waals surface area contributed by atoms with Crippen molar-refractivity contribution in [3.05, 3.63) is 130 Å². The van der Waals surface area contributed by atoms with Gasteiger partial charge in [0, 0.05) is 24.0 Å². The number of nitrogens with one attached hydrogen (secondary N) is 1. The molecule has 4 rings (SSSR count). The average Bonchev–Trinajstić information content (AvgIpc) is 3.05. The Labute approximate surface area is 280 Å². The maximum atomic E-state index is 14.3. The summed E-state index contributed by atoms with van der Waals surface area (Å²) in [7, 11) is -3.88. The largest absolute Gasteiger partial charge is 0.489 e. The zero-order valence-corrected chi connectivity index (χ0v) is 28.5. The molecule has 0 aliphatic heterocycles. The zero-order valence-electron chi connectivity index (χ0n) is 26.1. The Bertz CT molecular complexity index is 1670. The minimum atomic E-state index is -3.88. The van der Waals surface area contributed by atoms with Crippen molar-refractivity contribution in [1.82, 2.24) is 10.2 Å². The van der Waals surface area contributed by atoms with Gasteiger partial charge in [0.05, 0.1) is 11.9 Å². The lowest BCUT2D eigenvalue weighted by molar-refractivity contribution is -0.140. The molecule has 0 saturated heterocycles. The normalized spacial score (nSPS) is 11.8. The number of nitrogens with zero attached hydrogens (tertiary/aromatic N) is 2. The number of unbranched alkanes of at least 4 members (excludes halogenated alkanes) is 1. The highest BCUT2D eigenvalue weighted by molar-refractivity contribution is 9.10. The molecule has 8 nitrogen and oxygen atoms in total. The number of anilines is 1. The Hall–Kier alpha value is -4.15. The van der Waals surface area contributed by atoms with Gasteiger partial charge in [-0.2, -0.15) is 0 Å². The second kappa shape index (κ2) is 17.0. The van der Waals surface area contributed by atoms with Crippen molar-refractivity contribution in [2.75, 3.05) is 23.7 Å². The number of hydrogen-bond donors (Lipinski definition) is 1. The smallest absolute Gasteiger partial charge is 0.244 e. The fourth-order valence-corrected chi connectivity index (χ4v) is 6.25. The first-order chi connectivity index (χ1) is 22.1. The molecule has 0 saturated carbocycles. The second-order valence-electron chi connectivity index (χ2n) is 11.0. The lowest BCUT2D eigenvalue weighted by Crippen LogP contribution is -2.53. The summed E-state index contributed by atoms with van der Waals surface area (Å²) in [6.45, 7) is 2.51. The summed E-state index contributed by atoms with van der Waals surface area (Å²) >= 11 is 3.50. The molecule has 46 heavy (non-hydrogen) atoms. The van der Waals surface area contributed by atoms with E-state index in [0.717, 1.165) is 44.6 Å². The van der Waals surface area contributed by atoms with E-state index in [-0.39, 0.29) is 18.9 Å². The van der Waals surface area contributed by atoms with E-state index in [1.807, 2.05) is 91.9 Å². The SMILES string of the molecule is CCCCNC(=O)[C@@H](Cc1ccccc1)N(Cc1cccc(Br)c1)C(=O)CN(c1ccc(OCc2ccccc2)cc1)S(C)(=O)=O. The third-order valence-electron chi connectivity index (χ3n) is 7.39. The standard InChI is InChI=1S/C36H40BrN3O5S/c1-3-4-22-38-36(42)34(24-28-12-7-5-8-13-28)39(25-30-16-11-17-31(37)23-30)35(41)26-40(46(2,43)44)32-18-20-33(21-19-32)45-27-29-14-9-6-10-15-29/h5-21,23,34H,3-4,22,24-27H2,1-2H3,(H,38,42)/t34-/m1/s1. The first-order valence-corrected chi connectivity index (χ1v) is 17.9. The minimum Gasteiger partial charge on any atom is -0.489 e. The quantitative estimate of drug-likeness (QED) is 0.137. The molecule has 0 aliphatic carbocycles. The van der Waals surface area contributed by atoms with Crippen LogP contribution in [0.5, 0.6) is 5.75 Å². The van der Waals surface area contributed by atoms with Gasteiger partial charge in [-0.1, -0.05) is 102 Å². The van der Waals surface area contributed by atoms with E-state index in [4.69, 9.17) is 4.74 Å². The lowest BCUT2D eigenvalue weighted by Gasteiger charge is -2.33. The van der Waals surface area contributed by atoms with Gasteiger partial charge >= 0.3 is 0 Å². The topological polar surface area (TPSA) is 96.0 Å². The number of carbonyl (C=O) groups is 2. The van der Waals surface area contributed by atoms with Gasteiger partial charge in [-0.25, -0.2) is 8.42 Å². The van der Waals surface area contributed by atoms with Crippen LogP contribution in [0.15, 0.2) is 114 Å². The van der Waals surface area contributed by atoms with Crippen LogP contribution < -0.4 is 14.4 Å². The molecule has 0 heterocycles. The number of sulfonamides is 1. The Morgan fingerprint density at radius 3 is 2.09 bits per heavy atom. The van der Waals surface area contributed by atoms with Gasteiger partial charge in [0.2, 0.25) is 21.8 Å². The van der Waals surface area contributed by atoms with E-state index in [9.17, 15) is 18.0 Å². The molecule has 4 aromatic carbocycles. The predicted molar refractivity (Wildman–Crippen MR) is 186 cm³/mol. The first-order valence-electron chi connectivity index (χ1n) is 15.2. The summed E-state index contributed by atoms with van der Waals surface area (Å²) in [6, 6.07) is 32.4. The van der Waals surface area contributed by atoms with E-state index < -0.39 is 28.5 Å². The number of rotatable bonds is 16. The predicted octanol–water partition coefficient (Wildman–Crippen LogP) is 6.35. The van der Waals surface area contributed by atoms with Crippen molar-refractivity contribution in [3.8, 4) is 5.75 Å². The van der Waals surface area contributed by atoms with E-state index in [2.05, 4.69) is 21.2 Å². The molecule has 10 heteroatoms. The maximum Gasteiger partial charge on any atom is 0.244 e. The molecule has 1 atom stereocenters. The van der Waals surface area contributed by atoms with Gasteiger partial charge < -0.3 is 15.0 Å². The zero-order chi connectivity index (χ0) is 32.9. The number of hydrogen-bond acceptors (Lipinski definition) is 5. The third-order valence-corrected chi connectivity index (χ3v) is 9.03. The summed E-state index contributed by atoms with van der Waals surface area (Å²) in [5.41, 5.74) is 3.01. The molecule has 0 aromatic heterocycles. The van der Waals surface area contributed by atoms with Crippen molar-refractivity contribution in [3.63, 3.8) is 0 Å². The molecule has 0 bridgehead atoms. The Balaban J connectivity index is 1.63. The molecule has 2 amide bonds. The summed E-state index contributed by atoms with van der Waals surface area (Å²) in [6.07, 6.45) is 3.04. The molecule has 0 aliphatic rings. The van der Waals surface area contributed by atoms with Gasteiger partial charge in [0.15, 0.2) is 0 Å². The van der Waals surface area contributed by atoms with Crippen LogP contribution in [0.2, 0.25) is 0 Å². The molecule has 242 valence electrons. The molecule has 0 spiro atoms. The van der Waals surface area contributed by atoms with Gasteiger partial charge in [0.1, 0.15) is 24.9 Å². The number of amides is 2. The van der Waals surface area contributed by atoms with E-state index in [1.54, 1.807) is 24.3 Å². The molecular weight excluding hydrogens is 666 g/mol. The fourth-order valence-electron chi connectivity index (χ4n) is 4.96. The van der Waals surface area contributed by atoms with Gasteiger partial charge in [-0.3, -0.25) is 13.9 Å². The van der Waals surface area contributed by atoms with Crippen LogP contribution in [0.4, 0.5) is 5.69 Å². The van der Waals surface area contributed by atoms with Crippen molar-refractivity contribution in [2.24, 2.45) is 0 Å². The molecule has 0 fully saturated rings. The maximum absolute atomic E-state index is 14.3. The molecular formula is C36H40BrN3O5S. The molecule has 0 unspecified atom stereocenters. The van der Waals surface area contributed by atoms with Crippen LogP contribution in [0.3, 0.4) is 0 Å². The molecule has 1 N–H and O–H groups in total. The van der Waals surface area contributed by atoms with Crippen LogP contribution in [0.25, 0.3) is 0 Å². The highest BCUT2D eigenvalue weighted by Gasteiger charge is 2.33. The molecule has 0 radical (unpaired) electrons. The van der Waals surface area contributed by atoms with E-state index in [1.165, 1.54) is 4.90 Å². The van der Waals surface area contributed by atoms with Crippen molar-refractivity contribution < 1.29 is 22.7 Å². The molecule has 4 aromatic rings. The fraction of sp³-hybridized carbons (Fsp3) is 0.278. The van der Waals surface area contributed by atoms with Crippen molar-refractivity contribution in [2.45, 2.75) is 45.4 Å². The number of carbonyl (C=O) groups excluding carboxylic acids is 2. The number of benzene rings is 4. The summed E-state index contributed by atoms with van der Waals surface area (Å²) < 4.78 is 34.0. The first kappa shape index (κ1) is 34.7. The van der Waals surface area contributed by atoms with E-state index in [0.29, 0.717) is 24.6 Å². The Morgan fingerprint density at radius 1 is 0.848 bits per heavy atom. The van der Waals surface area contributed by atoms with Gasteiger partial charge in [-0.15, -0.1) is 0 Å². The summed E-state index contributed by atoms with van der Waals surface area (Å²) in [4.78, 5) is 29.5. The summed E-state index contributed by atoms with van der Waals surface area (Å²) in [5.74, 6) is -0.219. The van der Waals surface area contributed by atoms with Crippen LogP contribution in [0.1, 0.15) is 36.5 Å². The van der Waals surface area contributed by atoms with Crippen molar-refractivity contribution >= 4 is 43.5 Å². The number of halogens is 1. The minimum absolute atomic E-state index is 0.112. The highest BCUT2D eigenvalue weighted by atomic mass is 79.9. The van der Waals surface area contributed by atoms with Crippen LogP contribution >= 0.6 is 15.9 Å². The average molecular weight is 707 g/mol. The van der Waals surface area contributed by atoms with Crippen LogP contribution in [0, 0.1) is 0 Å². The monoisotopic (exact) mass is 705 g/mol.